The van der Waals surface area contributed by atoms with Gasteiger partial charge in [-0.15, -0.1) is 0 Å². The molecule has 0 rings (SSSR count). The predicted molar refractivity (Wildman–Crippen MR) is 73.2 cm³/mol. The standard InChI is InChI=1S/C11H17IN2O/c1-5-9(7-13-6-2)14-10(8(3)4)11(12)15/h5-8,10,14H,1H2,2-4H3/b9-7+,13-6?/t10-/m0/s1. The first kappa shape index (κ1) is 14.3. The fraction of sp³-hybridized carbons (Fsp3) is 0.455. The maximum Gasteiger partial charge on any atom is 0.214 e. The lowest BCUT2D eigenvalue weighted by molar-refractivity contribution is -0.111. The van der Waals surface area contributed by atoms with E-state index in [4.69, 9.17) is 0 Å². The first-order valence-corrected chi connectivity index (χ1v) is 5.87. The Labute approximate surface area is 105 Å². The van der Waals surface area contributed by atoms with Crippen LogP contribution in [0, 0.1) is 5.92 Å². The van der Waals surface area contributed by atoms with Crippen LogP contribution in [0.3, 0.4) is 0 Å². The van der Waals surface area contributed by atoms with Crippen LogP contribution in [-0.4, -0.2) is 16.0 Å². The van der Waals surface area contributed by atoms with Gasteiger partial charge in [-0.05, 0) is 18.9 Å². The number of halogens is 1. The molecule has 1 atom stereocenters. The molecule has 0 aromatic heterocycles. The van der Waals surface area contributed by atoms with E-state index in [-0.39, 0.29) is 15.7 Å². The van der Waals surface area contributed by atoms with Crippen LogP contribution >= 0.6 is 22.6 Å². The normalized spacial score (nSPS) is 14.3. The van der Waals surface area contributed by atoms with Crippen molar-refractivity contribution in [3.05, 3.63) is 24.6 Å². The largest absolute Gasteiger partial charge is 0.373 e. The van der Waals surface area contributed by atoms with Gasteiger partial charge in [0.05, 0.1) is 11.7 Å². The Hall–Kier alpha value is -0.650. The summed E-state index contributed by atoms with van der Waals surface area (Å²) in [6.07, 6.45) is 4.99. The summed E-state index contributed by atoms with van der Waals surface area (Å²) < 4.78 is 0.0934. The van der Waals surface area contributed by atoms with Gasteiger partial charge in [-0.1, -0.05) is 20.4 Å². The number of hydrogen-bond acceptors (Lipinski definition) is 3. The summed E-state index contributed by atoms with van der Waals surface area (Å²) in [7, 11) is 0. The van der Waals surface area contributed by atoms with Crippen molar-refractivity contribution in [2.45, 2.75) is 26.8 Å². The molecular formula is C11H17IN2O. The molecule has 0 aromatic carbocycles. The molecular weight excluding hydrogens is 303 g/mol. The third-order valence-corrected chi connectivity index (χ3v) is 2.49. The van der Waals surface area contributed by atoms with Crippen LogP contribution in [0.5, 0.6) is 0 Å². The first-order chi connectivity index (χ1) is 7.02. The zero-order valence-corrected chi connectivity index (χ0v) is 11.5. The van der Waals surface area contributed by atoms with Crippen LogP contribution in [-0.2, 0) is 4.79 Å². The third kappa shape index (κ3) is 5.71. The zero-order valence-electron chi connectivity index (χ0n) is 9.33. The Bertz CT molecular complexity index is 282. The number of nitrogens with zero attached hydrogens (tertiary/aromatic N) is 1. The molecule has 0 spiro atoms. The number of carbonyl (C=O) groups excluding carboxylic acids is 1. The van der Waals surface area contributed by atoms with Gasteiger partial charge in [-0.2, -0.15) is 0 Å². The molecule has 3 nitrogen and oxygen atoms in total. The molecule has 0 aliphatic carbocycles. The van der Waals surface area contributed by atoms with Crippen molar-refractivity contribution >= 4 is 32.6 Å². The highest BCUT2D eigenvalue weighted by molar-refractivity contribution is 14.1. The van der Waals surface area contributed by atoms with E-state index in [9.17, 15) is 4.79 Å². The molecule has 0 saturated heterocycles. The quantitative estimate of drug-likeness (QED) is 0.354. The maximum atomic E-state index is 11.3. The van der Waals surface area contributed by atoms with E-state index in [0.29, 0.717) is 0 Å². The van der Waals surface area contributed by atoms with Crippen LogP contribution < -0.4 is 5.32 Å². The lowest BCUT2D eigenvalue weighted by Gasteiger charge is -2.19. The lowest BCUT2D eigenvalue weighted by Crippen LogP contribution is -2.37. The number of hydrogen-bond donors (Lipinski definition) is 1. The van der Waals surface area contributed by atoms with E-state index in [2.05, 4.69) is 16.9 Å². The van der Waals surface area contributed by atoms with E-state index in [1.807, 2.05) is 20.8 Å². The predicted octanol–water partition coefficient (Wildman–Crippen LogP) is 2.68. The van der Waals surface area contributed by atoms with E-state index in [1.54, 1.807) is 41.1 Å². The van der Waals surface area contributed by atoms with E-state index in [1.165, 1.54) is 0 Å². The van der Waals surface area contributed by atoms with Crippen LogP contribution in [0.2, 0.25) is 0 Å². The zero-order chi connectivity index (χ0) is 11.8. The maximum absolute atomic E-state index is 11.3. The summed E-state index contributed by atoms with van der Waals surface area (Å²) in [5.41, 5.74) is 0.761. The Balaban J connectivity index is 4.63. The summed E-state index contributed by atoms with van der Waals surface area (Å²) in [5.74, 6) is 0.239. The van der Waals surface area contributed by atoms with Crippen LogP contribution in [0.15, 0.2) is 29.5 Å². The molecule has 0 fully saturated rings. The monoisotopic (exact) mass is 320 g/mol. The van der Waals surface area contributed by atoms with Gasteiger partial charge in [0, 0.05) is 35.0 Å². The SMILES string of the molecule is C=C/C(=C\N=CC)N[C@H](C(=O)I)C(C)C. The molecule has 0 saturated carbocycles. The average Bonchev–Trinajstić information content (AvgIpc) is 2.17. The molecule has 0 amide bonds. The van der Waals surface area contributed by atoms with Crippen molar-refractivity contribution < 1.29 is 4.79 Å². The Morgan fingerprint density at radius 1 is 1.53 bits per heavy atom. The third-order valence-electron chi connectivity index (χ3n) is 1.82. The summed E-state index contributed by atoms with van der Waals surface area (Å²) in [5, 5.41) is 3.11. The van der Waals surface area contributed by atoms with Gasteiger partial charge in [0.1, 0.15) is 0 Å². The van der Waals surface area contributed by atoms with Gasteiger partial charge in [-0.25, -0.2) is 0 Å². The van der Waals surface area contributed by atoms with Gasteiger partial charge >= 0.3 is 0 Å². The lowest BCUT2D eigenvalue weighted by atomic mass is 10.1. The number of allylic oxidation sites excluding steroid dienone is 1. The molecule has 0 radical (unpaired) electrons. The molecule has 0 aliphatic heterocycles. The van der Waals surface area contributed by atoms with Crippen molar-refractivity contribution in [3.63, 3.8) is 0 Å². The fourth-order valence-corrected chi connectivity index (χ4v) is 1.84. The number of nitrogens with one attached hydrogen (secondary N) is 1. The highest BCUT2D eigenvalue weighted by Crippen LogP contribution is 2.09. The van der Waals surface area contributed by atoms with Gasteiger partial charge in [0.25, 0.3) is 0 Å². The number of aliphatic imine (C=N–C) groups is 1. The molecule has 0 bridgehead atoms. The molecule has 0 aliphatic rings. The molecule has 0 aromatic rings. The Kier molecular flexibility index (Phi) is 7.29. The summed E-state index contributed by atoms with van der Waals surface area (Å²) >= 11 is 1.81. The topological polar surface area (TPSA) is 41.5 Å². The smallest absolute Gasteiger partial charge is 0.214 e. The summed E-state index contributed by atoms with van der Waals surface area (Å²) in [6.45, 7) is 9.50. The van der Waals surface area contributed by atoms with Gasteiger partial charge in [0.2, 0.25) is 3.79 Å². The van der Waals surface area contributed by atoms with Gasteiger partial charge < -0.3 is 5.32 Å². The Morgan fingerprint density at radius 3 is 2.47 bits per heavy atom. The number of rotatable bonds is 6. The van der Waals surface area contributed by atoms with E-state index >= 15 is 0 Å². The summed E-state index contributed by atoms with van der Waals surface area (Å²) in [4.78, 5) is 15.3. The molecule has 15 heavy (non-hydrogen) atoms. The van der Waals surface area contributed by atoms with E-state index in [0.717, 1.165) is 5.70 Å². The van der Waals surface area contributed by atoms with E-state index < -0.39 is 0 Å². The van der Waals surface area contributed by atoms with Gasteiger partial charge in [-0.3, -0.25) is 9.79 Å². The molecule has 84 valence electrons. The molecule has 4 heteroatoms. The van der Waals surface area contributed by atoms with Crippen molar-refractivity contribution in [2.24, 2.45) is 10.9 Å². The minimum absolute atomic E-state index is 0.0934. The molecule has 1 N–H and O–H groups in total. The molecule has 0 heterocycles. The second-order valence-corrected chi connectivity index (χ2v) is 4.43. The van der Waals surface area contributed by atoms with Crippen molar-refractivity contribution in [1.29, 1.82) is 0 Å². The van der Waals surface area contributed by atoms with Crippen LogP contribution in [0.4, 0.5) is 0 Å². The van der Waals surface area contributed by atoms with Crippen LogP contribution in [0.1, 0.15) is 20.8 Å². The van der Waals surface area contributed by atoms with Crippen molar-refractivity contribution in [3.8, 4) is 0 Å². The number of carbonyl (C=O) groups is 1. The second-order valence-electron chi connectivity index (χ2n) is 3.37. The Morgan fingerprint density at radius 2 is 2.13 bits per heavy atom. The second kappa shape index (κ2) is 7.62. The minimum Gasteiger partial charge on any atom is -0.373 e. The van der Waals surface area contributed by atoms with Crippen molar-refractivity contribution in [2.75, 3.05) is 0 Å². The minimum atomic E-state index is -0.193. The van der Waals surface area contributed by atoms with Gasteiger partial charge in [0.15, 0.2) is 0 Å². The highest BCUT2D eigenvalue weighted by atomic mass is 127. The first-order valence-electron chi connectivity index (χ1n) is 4.79. The average molecular weight is 320 g/mol. The van der Waals surface area contributed by atoms with Crippen molar-refractivity contribution in [1.82, 2.24) is 5.32 Å². The molecule has 0 unspecified atom stereocenters. The summed E-state index contributed by atoms with van der Waals surface area (Å²) in [6, 6.07) is -0.193. The van der Waals surface area contributed by atoms with Crippen LogP contribution in [0.25, 0.3) is 0 Å². The fourth-order valence-electron chi connectivity index (χ4n) is 0.969. The highest BCUT2D eigenvalue weighted by Gasteiger charge is 2.19.